The molecule has 0 aromatic rings. The Morgan fingerprint density at radius 1 is 1.44 bits per heavy atom. The van der Waals surface area contributed by atoms with Crippen molar-refractivity contribution in [1.29, 1.82) is 5.26 Å². The molecule has 0 aliphatic rings. The van der Waals surface area contributed by atoms with Gasteiger partial charge in [-0.05, 0) is 46.1 Å². The van der Waals surface area contributed by atoms with Crippen molar-refractivity contribution in [3.8, 4) is 6.07 Å². The minimum Gasteiger partial charge on any atom is -0.379 e. The van der Waals surface area contributed by atoms with Gasteiger partial charge >= 0.3 is 0 Å². The first kappa shape index (κ1) is 15.4. The molecule has 0 bridgehead atoms. The lowest BCUT2D eigenvalue weighted by molar-refractivity contribution is 0.0587. The lowest BCUT2D eigenvalue weighted by Crippen LogP contribution is -2.41. The molecule has 0 aliphatic carbocycles. The second-order valence-electron chi connectivity index (χ2n) is 4.56. The molecule has 0 saturated heterocycles. The predicted octanol–water partition coefficient (Wildman–Crippen LogP) is 2.86. The van der Waals surface area contributed by atoms with Crippen LogP contribution in [0.15, 0.2) is 0 Å². The molecule has 3 heteroatoms. The van der Waals surface area contributed by atoms with Crippen LogP contribution in [0.2, 0.25) is 0 Å². The van der Waals surface area contributed by atoms with Crippen molar-refractivity contribution in [3.05, 3.63) is 0 Å². The van der Waals surface area contributed by atoms with Gasteiger partial charge in [0.1, 0.15) is 5.54 Å². The summed E-state index contributed by atoms with van der Waals surface area (Å²) < 4.78 is 5.60. The van der Waals surface area contributed by atoms with Crippen molar-refractivity contribution in [2.45, 2.75) is 65.0 Å². The number of nitrogens with one attached hydrogen (secondary N) is 1. The minimum atomic E-state index is -0.394. The lowest BCUT2D eigenvalue weighted by atomic mass is 9.98. The molecule has 0 heterocycles. The Bertz CT molecular complexity index is 212. The Morgan fingerprint density at radius 2 is 2.12 bits per heavy atom. The van der Waals surface area contributed by atoms with Crippen molar-refractivity contribution >= 4 is 0 Å². The van der Waals surface area contributed by atoms with Crippen LogP contribution in [0.4, 0.5) is 0 Å². The van der Waals surface area contributed by atoms with E-state index in [9.17, 15) is 0 Å². The highest BCUT2D eigenvalue weighted by atomic mass is 16.5. The van der Waals surface area contributed by atoms with Gasteiger partial charge in [0.25, 0.3) is 0 Å². The summed E-state index contributed by atoms with van der Waals surface area (Å²) in [7, 11) is 0. The lowest BCUT2D eigenvalue weighted by Gasteiger charge is -2.23. The molecule has 0 rings (SSSR count). The predicted molar refractivity (Wildman–Crippen MR) is 67.3 cm³/mol. The van der Waals surface area contributed by atoms with Crippen LogP contribution in [0.5, 0.6) is 0 Å². The van der Waals surface area contributed by atoms with Crippen LogP contribution in [0.3, 0.4) is 0 Å². The highest BCUT2D eigenvalue weighted by Crippen LogP contribution is 2.12. The molecule has 0 radical (unpaired) electrons. The van der Waals surface area contributed by atoms with Gasteiger partial charge < -0.3 is 4.74 Å². The Kier molecular flexibility index (Phi) is 8.23. The highest BCUT2D eigenvalue weighted by Gasteiger charge is 2.21. The summed E-state index contributed by atoms with van der Waals surface area (Å²) in [5, 5.41) is 12.4. The summed E-state index contributed by atoms with van der Waals surface area (Å²) in [6, 6.07) is 2.35. The molecule has 94 valence electrons. The molecule has 2 unspecified atom stereocenters. The molecule has 16 heavy (non-hydrogen) atoms. The molecular weight excluding hydrogens is 200 g/mol. The molecule has 0 aromatic heterocycles. The van der Waals surface area contributed by atoms with Crippen molar-refractivity contribution < 1.29 is 4.74 Å². The van der Waals surface area contributed by atoms with Crippen LogP contribution in [-0.4, -0.2) is 24.8 Å². The second kappa shape index (κ2) is 8.55. The quantitative estimate of drug-likeness (QED) is 0.615. The first-order chi connectivity index (χ1) is 7.58. The van der Waals surface area contributed by atoms with Gasteiger partial charge in [-0.1, -0.05) is 13.8 Å². The van der Waals surface area contributed by atoms with Crippen LogP contribution >= 0.6 is 0 Å². The van der Waals surface area contributed by atoms with E-state index in [1.807, 2.05) is 6.92 Å². The van der Waals surface area contributed by atoms with Crippen molar-refractivity contribution in [1.82, 2.24) is 5.32 Å². The Labute approximate surface area is 100 Å². The van der Waals surface area contributed by atoms with Crippen LogP contribution in [0.1, 0.15) is 53.4 Å². The van der Waals surface area contributed by atoms with E-state index in [2.05, 4.69) is 32.2 Å². The maximum absolute atomic E-state index is 9.11. The normalized spacial score (nSPS) is 16.4. The van der Waals surface area contributed by atoms with Gasteiger partial charge in [-0.2, -0.15) is 5.26 Å². The van der Waals surface area contributed by atoms with E-state index in [-0.39, 0.29) is 0 Å². The zero-order chi connectivity index (χ0) is 12.4. The maximum atomic E-state index is 9.11. The Balaban J connectivity index is 3.74. The molecule has 0 saturated carbocycles. The molecule has 1 N–H and O–H groups in total. The van der Waals surface area contributed by atoms with E-state index in [0.717, 1.165) is 38.8 Å². The van der Waals surface area contributed by atoms with Gasteiger partial charge in [-0.25, -0.2) is 0 Å². The van der Waals surface area contributed by atoms with Gasteiger partial charge in [0.15, 0.2) is 0 Å². The van der Waals surface area contributed by atoms with E-state index in [1.165, 1.54) is 0 Å². The topological polar surface area (TPSA) is 45.0 Å². The maximum Gasteiger partial charge on any atom is 0.104 e. The zero-order valence-electron chi connectivity index (χ0n) is 11.2. The van der Waals surface area contributed by atoms with Gasteiger partial charge in [-0.3, -0.25) is 5.32 Å². The van der Waals surface area contributed by atoms with Gasteiger partial charge in [0.2, 0.25) is 0 Å². The third-order valence-electron chi connectivity index (χ3n) is 2.81. The Morgan fingerprint density at radius 3 is 2.62 bits per heavy atom. The fourth-order valence-corrected chi connectivity index (χ4v) is 1.41. The smallest absolute Gasteiger partial charge is 0.104 e. The number of nitrogens with zero attached hydrogens (tertiary/aromatic N) is 1. The van der Waals surface area contributed by atoms with Crippen molar-refractivity contribution in [2.24, 2.45) is 0 Å². The number of nitriles is 1. The number of ether oxygens (including phenoxy) is 1. The molecular formula is C13H26N2O. The molecule has 3 nitrogen and oxygen atoms in total. The summed E-state index contributed by atoms with van der Waals surface area (Å²) in [5.41, 5.74) is -0.394. The van der Waals surface area contributed by atoms with Gasteiger partial charge in [0.05, 0.1) is 12.2 Å². The minimum absolute atomic E-state index is 0.331. The summed E-state index contributed by atoms with van der Waals surface area (Å²) in [6.45, 7) is 9.92. The fraction of sp³-hybridized carbons (Fsp3) is 0.923. The first-order valence-electron chi connectivity index (χ1n) is 6.35. The molecule has 0 fully saturated rings. The summed E-state index contributed by atoms with van der Waals surface area (Å²) >= 11 is 0. The standard InChI is InChI=1S/C13H26N2O/c1-5-9-15-13(4,11-14)8-7-10-16-12(3)6-2/h12,15H,5-10H2,1-4H3. The van der Waals surface area contributed by atoms with E-state index in [1.54, 1.807) is 0 Å². The molecule has 0 aromatic carbocycles. The van der Waals surface area contributed by atoms with E-state index in [4.69, 9.17) is 10.00 Å². The largest absolute Gasteiger partial charge is 0.379 e. The van der Waals surface area contributed by atoms with Crippen molar-refractivity contribution in [3.63, 3.8) is 0 Å². The van der Waals surface area contributed by atoms with E-state index in [0.29, 0.717) is 6.10 Å². The molecule has 0 amide bonds. The monoisotopic (exact) mass is 226 g/mol. The van der Waals surface area contributed by atoms with Gasteiger partial charge in [0, 0.05) is 6.61 Å². The van der Waals surface area contributed by atoms with Crippen LogP contribution in [0, 0.1) is 11.3 Å². The third kappa shape index (κ3) is 6.81. The zero-order valence-corrected chi connectivity index (χ0v) is 11.2. The molecule has 0 aliphatic heterocycles. The SMILES string of the molecule is CCCNC(C)(C#N)CCCOC(C)CC. The van der Waals surface area contributed by atoms with E-state index < -0.39 is 5.54 Å². The van der Waals surface area contributed by atoms with E-state index >= 15 is 0 Å². The fourth-order valence-electron chi connectivity index (χ4n) is 1.41. The second-order valence-corrected chi connectivity index (χ2v) is 4.56. The van der Waals surface area contributed by atoms with Gasteiger partial charge in [-0.15, -0.1) is 0 Å². The van der Waals surface area contributed by atoms with Crippen LogP contribution < -0.4 is 5.32 Å². The number of hydrogen-bond donors (Lipinski definition) is 1. The average Bonchev–Trinajstić information content (AvgIpc) is 2.31. The molecule has 0 spiro atoms. The van der Waals surface area contributed by atoms with Crippen LogP contribution in [0.25, 0.3) is 0 Å². The highest BCUT2D eigenvalue weighted by molar-refractivity contribution is 5.03. The summed E-state index contributed by atoms with van der Waals surface area (Å²) in [6.07, 6.45) is 4.21. The number of rotatable bonds is 9. The summed E-state index contributed by atoms with van der Waals surface area (Å²) in [4.78, 5) is 0. The third-order valence-corrected chi connectivity index (χ3v) is 2.81. The van der Waals surface area contributed by atoms with Crippen molar-refractivity contribution in [2.75, 3.05) is 13.2 Å². The Hall–Kier alpha value is -0.590. The number of hydrogen-bond acceptors (Lipinski definition) is 3. The first-order valence-corrected chi connectivity index (χ1v) is 6.35. The summed E-state index contributed by atoms with van der Waals surface area (Å²) in [5.74, 6) is 0. The molecule has 2 atom stereocenters. The van der Waals surface area contributed by atoms with Crippen LogP contribution in [-0.2, 0) is 4.74 Å². The average molecular weight is 226 g/mol.